The van der Waals surface area contributed by atoms with Gasteiger partial charge < -0.3 is 4.48 Å². The van der Waals surface area contributed by atoms with Crippen LogP contribution in [0.15, 0.2) is 0 Å². The van der Waals surface area contributed by atoms with Gasteiger partial charge in [-0.3, -0.25) is 0 Å². The second-order valence-corrected chi connectivity index (χ2v) is 8.44. The molecule has 1 heteroatoms. The van der Waals surface area contributed by atoms with E-state index in [0.29, 0.717) is 0 Å². The van der Waals surface area contributed by atoms with E-state index < -0.39 is 0 Å². The molecule has 0 aliphatic carbocycles. The minimum Gasteiger partial charge on any atom is -0.328 e. The van der Waals surface area contributed by atoms with Crippen molar-refractivity contribution in [3.05, 3.63) is 0 Å². The molecule has 23 heavy (non-hydrogen) atoms. The zero-order valence-electron chi connectivity index (χ0n) is 17.3. The molecular weight excluding hydrogens is 278 g/mol. The van der Waals surface area contributed by atoms with E-state index in [0.717, 1.165) is 5.92 Å². The molecule has 0 N–H and O–H groups in total. The molecule has 0 radical (unpaired) electrons. The summed E-state index contributed by atoms with van der Waals surface area (Å²) in [5.74, 6) is 0.938. The van der Waals surface area contributed by atoms with Crippen molar-refractivity contribution >= 4 is 0 Å². The SMILES string of the molecule is CCCCCCCCCCCC[N+](C)(C)CC(CC)CCCC. The van der Waals surface area contributed by atoms with Gasteiger partial charge in [0, 0.05) is 5.92 Å². The van der Waals surface area contributed by atoms with Gasteiger partial charge in [0.2, 0.25) is 0 Å². The molecule has 0 heterocycles. The number of rotatable bonds is 17. The van der Waals surface area contributed by atoms with E-state index in [1.807, 2.05) is 0 Å². The fourth-order valence-electron chi connectivity index (χ4n) is 3.73. The predicted molar refractivity (Wildman–Crippen MR) is 107 cm³/mol. The second kappa shape index (κ2) is 15.5. The Kier molecular flexibility index (Phi) is 15.5. The minimum atomic E-state index is 0.938. The van der Waals surface area contributed by atoms with E-state index in [1.54, 1.807) is 0 Å². The topological polar surface area (TPSA) is 0 Å². The van der Waals surface area contributed by atoms with Crippen LogP contribution in [0, 0.1) is 5.92 Å². The van der Waals surface area contributed by atoms with E-state index in [9.17, 15) is 0 Å². The van der Waals surface area contributed by atoms with E-state index in [4.69, 9.17) is 0 Å². The standard InChI is InChI=1S/C22H48N/c1-6-9-11-12-13-14-15-16-17-18-20-23(4,5)21-22(8-3)19-10-7-2/h22H,6-21H2,1-5H3/q+1. The van der Waals surface area contributed by atoms with Crippen molar-refractivity contribution in [2.24, 2.45) is 5.92 Å². The zero-order valence-corrected chi connectivity index (χ0v) is 17.3. The van der Waals surface area contributed by atoms with Crippen molar-refractivity contribution in [1.29, 1.82) is 0 Å². The van der Waals surface area contributed by atoms with E-state index in [-0.39, 0.29) is 0 Å². The van der Waals surface area contributed by atoms with E-state index >= 15 is 0 Å². The number of nitrogens with zero attached hydrogens (tertiary/aromatic N) is 1. The second-order valence-electron chi connectivity index (χ2n) is 8.44. The Balaban J connectivity index is 3.57. The van der Waals surface area contributed by atoms with Gasteiger partial charge in [0.25, 0.3) is 0 Å². The van der Waals surface area contributed by atoms with Crippen molar-refractivity contribution in [2.75, 3.05) is 27.2 Å². The van der Waals surface area contributed by atoms with Crippen molar-refractivity contribution < 1.29 is 4.48 Å². The summed E-state index contributed by atoms with van der Waals surface area (Å²) in [6.07, 6.45) is 20.0. The van der Waals surface area contributed by atoms with Gasteiger partial charge in [-0.05, 0) is 25.7 Å². The Hall–Kier alpha value is -0.0400. The van der Waals surface area contributed by atoms with Gasteiger partial charge in [-0.1, -0.05) is 85.0 Å². The summed E-state index contributed by atoms with van der Waals surface area (Å²) in [5.41, 5.74) is 0. The molecule has 0 aromatic carbocycles. The molecule has 0 aliphatic rings. The molecule has 0 fully saturated rings. The van der Waals surface area contributed by atoms with Crippen molar-refractivity contribution in [2.45, 2.75) is 111 Å². The molecule has 0 aromatic heterocycles. The summed E-state index contributed by atoms with van der Waals surface area (Å²) in [6, 6.07) is 0. The Labute approximate surface area is 148 Å². The Bertz CT molecular complexity index is 234. The highest BCUT2D eigenvalue weighted by Crippen LogP contribution is 2.18. The summed E-state index contributed by atoms with van der Waals surface area (Å²) in [7, 11) is 4.89. The molecule has 0 spiro atoms. The zero-order chi connectivity index (χ0) is 17.4. The molecule has 0 saturated heterocycles. The fourth-order valence-corrected chi connectivity index (χ4v) is 3.73. The van der Waals surface area contributed by atoms with E-state index in [2.05, 4.69) is 34.9 Å². The van der Waals surface area contributed by atoms with Gasteiger partial charge in [0.1, 0.15) is 0 Å². The van der Waals surface area contributed by atoms with Crippen LogP contribution in [-0.4, -0.2) is 31.7 Å². The first kappa shape index (κ1) is 23.0. The molecule has 0 aromatic rings. The van der Waals surface area contributed by atoms with Crippen LogP contribution in [0.2, 0.25) is 0 Å². The average molecular weight is 327 g/mol. The third kappa shape index (κ3) is 15.2. The molecule has 0 bridgehead atoms. The molecule has 140 valence electrons. The lowest BCUT2D eigenvalue weighted by Crippen LogP contribution is -2.44. The first-order chi connectivity index (χ1) is 11.1. The van der Waals surface area contributed by atoms with Crippen LogP contribution in [0.4, 0.5) is 0 Å². The number of hydrogen-bond acceptors (Lipinski definition) is 0. The third-order valence-corrected chi connectivity index (χ3v) is 5.41. The molecular formula is C22H48N+. The summed E-state index contributed by atoms with van der Waals surface area (Å²) >= 11 is 0. The lowest BCUT2D eigenvalue weighted by atomic mass is 9.98. The highest BCUT2D eigenvalue weighted by molar-refractivity contribution is 4.57. The van der Waals surface area contributed by atoms with Crippen molar-refractivity contribution in [3.63, 3.8) is 0 Å². The molecule has 0 amide bonds. The lowest BCUT2D eigenvalue weighted by Gasteiger charge is -2.33. The largest absolute Gasteiger partial charge is 0.328 e. The van der Waals surface area contributed by atoms with Gasteiger partial charge in [-0.25, -0.2) is 0 Å². The molecule has 0 aliphatic heterocycles. The maximum absolute atomic E-state index is 2.45. The van der Waals surface area contributed by atoms with Gasteiger partial charge in [-0.2, -0.15) is 0 Å². The molecule has 0 rings (SSSR count). The van der Waals surface area contributed by atoms with Crippen LogP contribution >= 0.6 is 0 Å². The first-order valence-electron chi connectivity index (χ1n) is 10.9. The predicted octanol–water partition coefficient (Wildman–Crippen LogP) is 7.20. The van der Waals surface area contributed by atoms with Crippen molar-refractivity contribution in [1.82, 2.24) is 0 Å². The summed E-state index contributed by atoms with van der Waals surface area (Å²) in [6.45, 7) is 9.75. The molecule has 1 atom stereocenters. The smallest absolute Gasteiger partial charge is 0.0810 e. The molecule has 1 nitrogen and oxygen atoms in total. The van der Waals surface area contributed by atoms with Crippen LogP contribution in [0.1, 0.15) is 111 Å². The maximum Gasteiger partial charge on any atom is 0.0810 e. The molecule has 1 unspecified atom stereocenters. The van der Waals surface area contributed by atoms with Gasteiger partial charge in [0.05, 0.1) is 27.2 Å². The monoisotopic (exact) mass is 326 g/mol. The quantitative estimate of drug-likeness (QED) is 0.196. The third-order valence-electron chi connectivity index (χ3n) is 5.41. The summed E-state index contributed by atoms with van der Waals surface area (Å²) in [5, 5.41) is 0. The number of hydrogen-bond donors (Lipinski definition) is 0. The number of quaternary nitrogens is 1. The number of unbranched alkanes of at least 4 members (excludes halogenated alkanes) is 10. The first-order valence-corrected chi connectivity index (χ1v) is 10.9. The fraction of sp³-hybridized carbons (Fsp3) is 1.00. The normalized spacial score (nSPS) is 13.4. The Morgan fingerprint density at radius 3 is 1.57 bits per heavy atom. The van der Waals surface area contributed by atoms with Gasteiger partial charge in [0.15, 0.2) is 0 Å². The van der Waals surface area contributed by atoms with Crippen LogP contribution in [0.25, 0.3) is 0 Å². The Morgan fingerprint density at radius 1 is 0.609 bits per heavy atom. The highest BCUT2D eigenvalue weighted by atomic mass is 15.3. The minimum absolute atomic E-state index is 0.938. The van der Waals surface area contributed by atoms with Gasteiger partial charge in [-0.15, -0.1) is 0 Å². The Morgan fingerprint density at radius 2 is 1.09 bits per heavy atom. The van der Waals surface area contributed by atoms with Crippen molar-refractivity contribution in [3.8, 4) is 0 Å². The molecule has 0 saturated carbocycles. The van der Waals surface area contributed by atoms with Crippen LogP contribution in [0.3, 0.4) is 0 Å². The van der Waals surface area contributed by atoms with Crippen LogP contribution in [0.5, 0.6) is 0 Å². The van der Waals surface area contributed by atoms with Crippen LogP contribution in [-0.2, 0) is 0 Å². The average Bonchev–Trinajstić information content (AvgIpc) is 2.53. The van der Waals surface area contributed by atoms with Gasteiger partial charge >= 0.3 is 0 Å². The van der Waals surface area contributed by atoms with Crippen LogP contribution < -0.4 is 0 Å². The maximum atomic E-state index is 2.45. The highest BCUT2D eigenvalue weighted by Gasteiger charge is 2.20. The summed E-state index contributed by atoms with van der Waals surface area (Å²) < 4.78 is 1.24. The summed E-state index contributed by atoms with van der Waals surface area (Å²) in [4.78, 5) is 0. The van der Waals surface area contributed by atoms with E-state index in [1.165, 1.54) is 107 Å². The lowest BCUT2D eigenvalue weighted by molar-refractivity contribution is -0.894.